The van der Waals surface area contributed by atoms with Gasteiger partial charge in [0.25, 0.3) is 0 Å². The van der Waals surface area contributed by atoms with E-state index in [9.17, 15) is 0 Å². The smallest absolute Gasteiger partial charge is 0.0176 e. The minimum absolute atomic E-state index is 1.12. The van der Waals surface area contributed by atoms with E-state index in [2.05, 4.69) is 35.5 Å². The van der Waals surface area contributed by atoms with E-state index in [1.807, 2.05) is 6.20 Å². The summed E-state index contributed by atoms with van der Waals surface area (Å²) < 4.78 is 0. The topological polar surface area (TPSA) is 39.8 Å². The fourth-order valence-electron chi connectivity index (χ4n) is 1.70. The van der Waals surface area contributed by atoms with Crippen molar-refractivity contribution >= 4 is 0 Å². The number of H-pyrrole nitrogens is 1. The van der Waals surface area contributed by atoms with Gasteiger partial charge in [-0.1, -0.05) is 13.8 Å². The Bertz CT molecular complexity index is 221. The largest absolute Gasteiger partial charge is 0.365 e. The second kappa shape index (κ2) is 7.49. The van der Waals surface area contributed by atoms with E-state index in [-0.39, 0.29) is 0 Å². The number of aromatic nitrogens is 1. The standard InChI is InChI=1S/C8H13N.C4H10N2/c1-3-7-5-6-9-8(7)4-2;1-2-6-4-3-5-1/h5-6,9H,3-4H2,1-2H3;5-6H,1-4H2. The molecule has 0 bridgehead atoms. The molecule has 0 spiro atoms. The third-order valence-electron chi connectivity index (χ3n) is 2.62. The van der Waals surface area contributed by atoms with Gasteiger partial charge in [-0.3, -0.25) is 0 Å². The summed E-state index contributed by atoms with van der Waals surface area (Å²) in [6.45, 7) is 8.91. The number of piperazine rings is 1. The first-order valence-corrected chi connectivity index (χ1v) is 5.95. The van der Waals surface area contributed by atoms with Crippen molar-refractivity contribution in [2.45, 2.75) is 26.7 Å². The molecule has 86 valence electrons. The summed E-state index contributed by atoms with van der Waals surface area (Å²) in [6, 6.07) is 2.15. The van der Waals surface area contributed by atoms with E-state index in [0.29, 0.717) is 0 Å². The molecule has 1 aromatic rings. The van der Waals surface area contributed by atoms with Crippen LogP contribution in [0.4, 0.5) is 0 Å². The minimum Gasteiger partial charge on any atom is -0.365 e. The molecular weight excluding hydrogens is 186 g/mol. The predicted molar refractivity (Wildman–Crippen MR) is 65.3 cm³/mol. The molecule has 1 aliphatic heterocycles. The number of nitrogens with one attached hydrogen (secondary N) is 3. The van der Waals surface area contributed by atoms with Gasteiger partial charge in [0.1, 0.15) is 0 Å². The number of hydrogen-bond acceptors (Lipinski definition) is 2. The van der Waals surface area contributed by atoms with Gasteiger partial charge < -0.3 is 15.6 Å². The van der Waals surface area contributed by atoms with Crippen LogP contribution < -0.4 is 10.6 Å². The molecule has 0 radical (unpaired) electrons. The molecule has 3 heteroatoms. The van der Waals surface area contributed by atoms with Crippen molar-refractivity contribution in [2.24, 2.45) is 0 Å². The fourth-order valence-corrected chi connectivity index (χ4v) is 1.70. The lowest BCUT2D eigenvalue weighted by molar-refractivity contribution is 0.534. The third-order valence-corrected chi connectivity index (χ3v) is 2.62. The van der Waals surface area contributed by atoms with Crippen LogP contribution in [-0.4, -0.2) is 31.2 Å². The monoisotopic (exact) mass is 209 g/mol. The molecule has 0 aromatic carbocycles. The zero-order chi connectivity index (χ0) is 10.9. The van der Waals surface area contributed by atoms with Crippen molar-refractivity contribution in [3.8, 4) is 0 Å². The summed E-state index contributed by atoms with van der Waals surface area (Å²) in [7, 11) is 0. The number of aryl methyl sites for hydroxylation is 2. The van der Waals surface area contributed by atoms with Crippen molar-refractivity contribution < 1.29 is 0 Å². The maximum atomic E-state index is 3.22. The van der Waals surface area contributed by atoms with Crippen molar-refractivity contribution in [3.63, 3.8) is 0 Å². The summed E-state index contributed by atoms with van der Waals surface area (Å²) in [4.78, 5) is 3.21. The lowest BCUT2D eigenvalue weighted by Crippen LogP contribution is -2.39. The first-order valence-electron chi connectivity index (χ1n) is 5.95. The molecule has 3 nitrogen and oxygen atoms in total. The summed E-state index contributed by atoms with van der Waals surface area (Å²) >= 11 is 0. The van der Waals surface area contributed by atoms with Gasteiger partial charge in [-0.05, 0) is 24.5 Å². The molecule has 3 N–H and O–H groups in total. The Balaban J connectivity index is 0.000000162. The van der Waals surface area contributed by atoms with Gasteiger partial charge in [-0.2, -0.15) is 0 Å². The first-order chi connectivity index (χ1) is 7.38. The van der Waals surface area contributed by atoms with Gasteiger partial charge in [0.15, 0.2) is 0 Å². The molecule has 2 rings (SSSR count). The first kappa shape index (κ1) is 12.3. The molecule has 1 aliphatic rings. The van der Waals surface area contributed by atoms with Crippen molar-refractivity contribution in [2.75, 3.05) is 26.2 Å². The Morgan fingerprint density at radius 3 is 1.93 bits per heavy atom. The van der Waals surface area contributed by atoms with E-state index in [1.165, 1.54) is 11.3 Å². The van der Waals surface area contributed by atoms with Crippen LogP contribution in [0.25, 0.3) is 0 Å². The molecule has 0 unspecified atom stereocenters. The lowest BCUT2D eigenvalue weighted by atomic mass is 10.2. The van der Waals surface area contributed by atoms with E-state index in [0.717, 1.165) is 39.0 Å². The van der Waals surface area contributed by atoms with Crippen molar-refractivity contribution in [1.82, 2.24) is 15.6 Å². The van der Waals surface area contributed by atoms with Gasteiger partial charge in [0.05, 0.1) is 0 Å². The zero-order valence-electron chi connectivity index (χ0n) is 9.90. The number of rotatable bonds is 2. The average Bonchev–Trinajstić information content (AvgIpc) is 2.79. The van der Waals surface area contributed by atoms with Gasteiger partial charge in [0, 0.05) is 38.1 Å². The van der Waals surface area contributed by atoms with Crippen LogP contribution in [0.2, 0.25) is 0 Å². The van der Waals surface area contributed by atoms with E-state index >= 15 is 0 Å². The van der Waals surface area contributed by atoms with Crippen LogP contribution in [0.1, 0.15) is 25.1 Å². The van der Waals surface area contributed by atoms with Crippen LogP contribution in [0.3, 0.4) is 0 Å². The highest BCUT2D eigenvalue weighted by Gasteiger charge is 1.95. The SMILES string of the molecule is C1CNCCN1.CCc1cc[nH]c1CC. The van der Waals surface area contributed by atoms with Gasteiger partial charge in [-0.25, -0.2) is 0 Å². The van der Waals surface area contributed by atoms with E-state index in [1.54, 1.807) is 0 Å². The van der Waals surface area contributed by atoms with E-state index in [4.69, 9.17) is 0 Å². The van der Waals surface area contributed by atoms with E-state index < -0.39 is 0 Å². The zero-order valence-corrected chi connectivity index (χ0v) is 9.90. The quantitative estimate of drug-likeness (QED) is 0.687. The van der Waals surface area contributed by atoms with Crippen molar-refractivity contribution in [1.29, 1.82) is 0 Å². The van der Waals surface area contributed by atoms with Gasteiger partial charge in [0.2, 0.25) is 0 Å². The summed E-state index contributed by atoms with van der Waals surface area (Å²) in [6.07, 6.45) is 4.28. The summed E-state index contributed by atoms with van der Waals surface area (Å²) in [5, 5.41) is 6.44. The highest BCUT2D eigenvalue weighted by molar-refractivity contribution is 5.19. The lowest BCUT2D eigenvalue weighted by Gasteiger charge is -2.11. The normalized spacial score (nSPS) is 15.6. The predicted octanol–water partition coefficient (Wildman–Crippen LogP) is 1.32. The van der Waals surface area contributed by atoms with Crippen LogP contribution in [-0.2, 0) is 12.8 Å². The Kier molecular flexibility index (Phi) is 6.12. The summed E-state index contributed by atoms with van der Waals surface area (Å²) in [5.41, 5.74) is 2.84. The molecule has 1 saturated heterocycles. The molecule has 2 heterocycles. The van der Waals surface area contributed by atoms with Crippen LogP contribution in [0.15, 0.2) is 12.3 Å². The minimum atomic E-state index is 1.12. The Hall–Kier alpha value is -0.800. The van der Waals surface area contributed by atoms with Gasteiger partial charge in [-0.15, -0.1) is 0 Å². The Morgan fingerprint density at radius 2 is 1.60 bits per heavy atom. The molecule has 0 amide bonds. The molecule has 0 aliphatic carbocycles. The Labute approximate surface area is 92.7 Å². The van der Waals surface area contributed by atoms with Gasteiger partial charge >= 0.3 is 0 Å². The fraction of sp³-hybridized carbons (Fsp3) is 0.667. The van der Waals surface area contributed by atoms with Crippen LogP contribution in [0.5, 0.6) is 0 Å². The molecule has 0 atom stereocenters. The highest BCUT2D eigenvalue weighted by Crippen LogP contribution is 2.06. The number of hydrogen-bond donors (Lipinski definition) is 3. The average molecular weight is 209 g/mol. The molecule has 0 saturated carbocycles. The van der Waals surface area contributed by atoms with Crippen LogP contribution >= 0.6 is 0 Å². The maximum absolute atomic E-state index is 3.22. The molecular formula is C12H23N3. The molecule has 1 fully saturated rings. The third kappa shape index (κ3) is 4.49. The Morgan fingerprint density at radius 1 is 1.00 bits per heavy atom. The summed E-state index contributed by atoms with van der Waals surface area (Å²) in [5.74, 6) is 0. The van der Waals surface area contributed by atoms with Crippen LogP contribution in [0, 0.1) is 0 Å². The molecule has 15 heavy (non-hydrogen) atoms. The highest BCUT2D eigenvalue weighted by atomic mass is 15.0. The number of aromatic amines is 1. The second-order valence-electron chi connectivity index (χ2n) is 3.69. The van der Waals surface area contributed by atoms with Crippen molar-refractivity contribution in [3.05, 3.63) is 23.5 Å². The maximum Gasteiger partial charge on any atom is 0.0176 e. The second-order valence-corrected chi connectivity index (χ2v) is 3.69. The molecule has 1 aromatic heterocycles.